The monoisotopic (exact) mass is 508 g/mol. The summed E-state index contributed by atoms with van der Waals surface area (Å²) in [5, 5.41) is 2.25. The number of ether oxygens (including phenoxy) is 3. The van der Waals surface area contributed by atoms with Crippen LogP contribution in [0.1, 0.15) is 59.3 Å². The third-order valence-electron chi connectivity index (χ3n) is 6.55. The van der Waals surface area contributed by atoms with Crippen molar-refractivity contribution in [1.82, 2.24) is 0 Å². The molecule has 3 rings (SSSR count). The van der Waals surface area contributed by atoms with E-state index in [-0.39, 0.29) is 23.4 Å². The first-order valence-electron chi connectivity index (χ1n) is 12.9. The summed E-state index contributed by atoms with van der Waals surface area (Å²) in [7, 11) is -1.35. The second-order valence-electron chi connectivity index (χ2n) is 10.2. The average Bonchev–Trinajstić information content (AvgIpc) is 2.90. The SMILES string of the molecule is COC(=O)CCC[C@@H](C#CCOC1CCCCO1)O[Si](c1ccccc1)(c1ccccc1)C(C)(C)C. The Balaban J connectivity index is 1.92. The standard InChI is InChI=1S/C30H40O5Si/c1-30(2,3)36(26-17-7-5-8-18-26,27-19-9-6-10-20-27)35-25(15-13-21-28(31)32-4)16-14-24-34-29-22-11-12-23-33-29/h5-10,17-20,25,29H,11-13,15,21-24H2,1-4H3/t25-,29?/m0/s1. The molecular formula is C30H40O5Si. The molecule has 0 N–H and O–H groups in total. The molecule has 1 fully saturated rings. The van der Waals surface area contributed by atoms with Crippen LogP contribution in [0.3, 0.4) is 0 Å². The van der Waals surface area contributed by atoms with Crippen LogP contribution in [-0.4, -0.2) is 47.0 Å². The lowest BCUT2D eigenvalue weighted by molar-refractivity contribution is -0.154. The molecule has 6 heteroatoms. The van der Waals surface area contributed by atoms with Crippen molar-refractivity contribution in [1.29, 1.82) is 0 Å². The van der Waals surface area contributed by atoms with Crippen molar-refractivity contribution in [3.8, 4) is 11.8 Å². The van der Waals surface area contributed by atoms with E-state index < -0.39 is 8.32 Å². The predicted octanol–water partition coefficient (Wildman–Crippen LogP) is 4.82. The first-order valence-corrected chi connectivity index (χ1v) is 14.8. The lowest BCUT2D eigenvalue weighted by atomic mass is 10.1. The number of hydrogen-bond donors (Lipinski definition) is 0. The van der Waals surface area contributed by atoms with Gasteiger partial charge < -0.3 is 18.6 Å². The highest BCUT2D eigenvalue weighted by atomic mass is 28.4. The Bertz CT molecular complexity index is 945. The smallest absolute Gasteiger partial charge is 0.305 e. The summed E-state index contributed by atoms with van der Waals surface area (Å²) >= 11 is 0. The minimum atomic E-state index is -2.77. The lowest BCUT2D eigenvalue weighted by Gasteiger charge is -2.44. The van der Waals surface area contributed by atoms with E-state index in [4.69, 9.17) is 18.6 Å². The van der Waals surface area contributed by atoms with Gasteiger partial charge in [-0.2, -0.15) is 0 Å². The topological polar surface area (TPSA) is 54.0 Å². The highest BCUT2D eigenvalue weighted by molar-refractivity contribution is 6.99. The van der Waals surface area contributed by atoms with Crippen LogP contribution in [0.5, 0.6) is 0 Å². The van der Waals surface area contributed by atoms with Gasteiger partial charge in [0, 0.05) is 13.0 Å². The normalized spacial score (nSPS) is 17.1. The summed E-state index contributed by atoms with van der Waals surface area (Å²) in [4.78, 5) is 11.8. The van der Waals surface area contributed by atoms with Gasteiger partial charge in [0.05, 0.1) is 7.11 Å². The highest BCUT2D eigenvalue weighted by Crippen LogP contribution is 2.38. The molecule has 0 saturated carbocycles. The summed E-state index contributed by atoms with van der Waals surface area (Å²) in [5.74, 6) is 6.32. The van der Waals surface area contributed by atoms with Crippen molar-refractivity contribution in [2.45, 2.75) is 76.7 Å². The van der Waals surface area contributed by atoms with Crippen LogP contribution in [0, 0.1) is 11.8 Å². The third-order valence-corrected chi connectivity index (χ3v) is 11.6. The summed E-state index contributed by atoms with van der Waals surface area (Å²) in [6.07, 6.45) is 4.18. The van der Waals surface area contributed by atoms with Gasteiger partial charge in [-0.05, 0) is 47.5 Å². The van der Waals surface area contributed by atoms with Gasteiger partial charge >= 0.3 is 5.97 Å². The van der Waals surface area contributed by atoms with Gasteiger partial charge in [-0.25, -0.2) is 0 Å². The van der Waals surface area contributed by atoms with Crippen molar-refractivity contribution in [3.63, 3.8) is 0 Å². The highest BCUT2D eigenvalue weighted by Gasteiger charge is 2.51. The quantitative estimate of drug-likeness (QED) is 0.262. The molecule has 1 heterocycles. The Morgan fingerprint density at radius 3 is 2.22 bits per heavy atom. The molecule has 0 aromatic heterocycles. The molecule has 1 unspecified atom stereocenters. The summed E-state index contributed by atoms with van der Waals surface area (Å²) < 4.78 is 23.6. The van der Waals surface area contributed by atoms with Crippen LogP contribution in [0.25, 0.3) is 0 Å². The number of rotatable bonds is 10. The molecule has 2 atom stereocenters. The van der Waals surface area contributed by atoms with E-state index in [1.54, 1.807) is 0 Å². The molecule has 1 aliphatic heterocycles. The van der Waals surface area contributed by atoms with Crippen molar-refractivity contribution in [2.75, 3.05) is 20.3 Å². The molecule has 0 bridgehead atoms. The molecule has 5 nitrogen and oxygen atoms in total. The summed E-state index contributed by atoms with van der Waals surface area (Å²) in [6, 6.07) is 21.1. The second kappa shape index (κ2) is 13.8. The zero-order valence-corrected chi connectivity index (χ0v) is 23.1. The number of hydrogen-bond acceptors (Lipinski definition) is 5. The van der Waals surface area contributed by atoms with Crippen molar-refractivity contribution >= 4 is 24.7 Å². The fraction of sp³-hybridized carbons (Fsp3) is 0.500. The number of methoxy groups -OCH3 is 1. The minimum Gasteiger partial charge on any atom is -0.469 e. The molecule has 194 valence electrons. The minimum absolute atomic E-state index is 0.162. The van der Waals surface area contributed by atoms with E-state index in [9.17, 15) is 4.79 Å². The average molecular weight is 509 g/mol. The summed E-state index contributed by atoms with van der Waals surface area (Å²) in [6.45, 7) is 7.79. The van der Waals surface area contributed by atoms with Gasteiger partial charge in [0.2, 0.25) is 0 Å². The van der Waals surface area contributed by atoms with Crippen LogP contribution < -0.4 is 10.4 Å². The van der Waals surface area contributed by atoms with Crippen LogP contribution >= 0.6 is 0 Å². The lowest BCUT2D eigenvalue weighted by Crippen LogP contribution is -2.67. The molecular weight excluding hydrogens is 468 g/mol. The van der Waals surface area contributed by atoms with Crippen LogP contribution in [0.15, 0.2) is 60.7 Å². The Morgan fingerprint density at radius 2 is 1.69 bits per heavy atom. The van der Waals surface area contributed by atoms with E-state index in [0.29, 0.717) is 25.9 Å². The van der Waals surface area contributed by atoms with Gasteiger partial charge in [-0.1, -0.05) is 93.3 Å². The number of benzene rings is 2. The Morgan fingerprint density at radius 1 is 1.06 bits per heavy atom. The Kier molecular flexibility index (Phi) is 10.8. The van der Waals surface area contributed by atoms with Crippen molar-refractivity contribution in [2.24, 2.45) is 0 Å². The number of carbonyl (C=O) groups excluding carboxylic acids is 1. The first kappa shape index (κ1) is 28.1. The fourth-order valence-corrected chi connectivity index (χ4v) is 9.35. The van der Waals surface area contributed by atoms with Crippen LogP contribution in [0.2, 0.25) is 5.04 Å². The second-order valence-corrected chi connectivity index (χ2v) is 14.4. The van der Waals surface area contributed by atoms with E-state index in [2.05, 4.69) is 81.1 Å². The molecule has 0 amide bonds. The Labute approximate surface area is 217 Å². The molecule has 2 aromatic carbocycles. The predicted molar refractivity (Wildman–Crippen MR) is 146 cm³/mol. The van der Waals surface area contributed by atoms with Gasteiger partial charge in [0.15, 0.2) is 6.29 Å². The molecule has 1 aliphatic rings. The number of carbonyl (C=O) groups is 1. The maximum Gasteiger partial charge on any atom is 0.305 e. The van der Waals surface area contributed by atoms with Gasteiger partial charge in [0.1, 0.15) is 12.7 Å². The van der Waals surface area contributed by atoms with Crippen molar-refractivity contribution in [3.05, 3.63) is 60.7 Å². The van der Waals surface area contributed by atoms with Crippen LogP contribution in [0.4, 0.5) is 0 Å². The maximum atomic E-state index is 11.8. The summed E-state index contributed by atoms with van der Waals surface area (Å²) in [5.41, 5.74) is 0. The molecule has 0 spiro atoms. The fourth-order valence-electron chi connectivity index (χ4n) is 4.73. The van der Waals surface area contributed by atoms with Crippen molar-refractivity contribution < 1.29 is 23.4 Å². The largest absolute Gasteiger partial charge is 0.469 e. The van der Waals surface area contributed by atoms with Gasteiger partial charge in [0.25, 0.3) is 8.32 Å². The van der Waals surface area contributed by atoms with E-state index >= 15 is 0 Å². The Hall–Kier alpha value is -2.43. The van der Waals surface area contributed by atoms with Crippen LogP contribution in [-0.2, 0) is 23.4 Å². The molecule has 1 saturated heterocycles. The zero-order chi connectivity index (χ0) is 25.9. The van der Waals surface area contributed by atoms with E-state index in [0.717, 1.165) is 25.9 Å². The third kappa shape index (κ3) is 7.53. The van der Waals surface area contributed by atoms with Gasteiger partial charge in [-0.15, -0.1) is 0 Å². The first-order chi connectivity index (χ1) is 17.4. The van der Waals surface area contributed by atoms with E-state index in [1.165, 1.54) is 17.5 Å². The maximum absolute atomic E-state index is 11.8. The van der Waals surface area contributed by atoms with E-state index in [1.807, 2.05) is 12.1 Å². The number of esters is 1. The zero-order valence-electron chi connectivity index (χ0n) is 22.1. The molecule has 0 aliphatic carbocycles. The molecule has 2 aromatic rings. The molecule has 36 heavy (non-hydrogen) atoms. The molecule has 0 radical (unpaired) electrons. The van der Waals surface area contributed by atoms with Gasteiger partial charge in [-0.3, -0.25) is 4.79 Å².